The van der Waals surface area contributed by atoms with E-state index in [0.29, 0.717) is 12.2 Å². The van der Waals surface area contributed by atoms with Crippen molar-refractivity contribution in [2.45, 2.75) is 18.9 Å². The molecular weight excluding hydrogens is 267 g/mol. The van der Waals surface area contributed by atoms with Crippen LogP contribution in [0.2, 0.25) is 0 Å². The molecule has 2 N–H and O–H groups in total. The van der Waals surface area contributed by atoms with Gasteiger partial charge in [-0.25, -0.2) is 4.39 Å². The molecule has 0 spiro atoms. The van der Waals surface area contributed by atoms with Gasteiger partial charge in [0.05, 0.1) is 11.6 Å². The minimum atomic E-state index is -0.557. The standard InChI is InChI=1S/C17H17FN2O/c18-15-11-13(19)8-9-14(15)17(21)20-10-4-7-16(20)12-5-2-1-3-6-12/h1-3,5-6,8-9,11,16H,4,7,10,19H2. The fraction of sp³-hybridized carbons (Fsp3) is 0.235. The monoisotopic (exact) mass is 284 g/mol. The van der Waals surface area contributed by atoms with E-state index in [-0.39, 0.29) is 17.5 Å². The zero-order valence-electron chi connectivity index (χ0n) is 11.6. The number of benzene rings is 2. The normalized spacial score (nSPS) is 18.0. The number of halogens is 1. The van der Waals surface area contributed by atoms with Crippen molar-refractivity contribution in [2.24, 2.45) is 0 Å². The molecule has 1 fully saturated rings. The van der Waals surface area contributed by atoms with Gasteiger partial charge < -0.3 is 10.6 Å². The first-order valence-corrected chi connectivity index (χ1v) is 7.08. The fourth-order valence-corrected chi connectivity index (χ4v) is 2.89. The summed E-state index contributed by atoms with van der Waals surface area (Å²) in [4.78, 5) is 14.4. The van der Waals surface area contributed by atoms with Gasteiger partial charge >= 0.3 is 0 Å². The highest BCUT2D eigenvalue weighted by Crippen LogP contribution is 2.33. The molecule has 2 aromatic carbocycles. The number of amides is 1. The van der Waals surface area contributed by atoms with Crippen LogP contribution in [0.4, 0.5) is 10.1 Å². The van der Waals surface area contributed by atoms with Gasteiger partial charge in [-0.05, 0) is 36.6 Å². The van der Waals surface area contributed by atoms with Crippen LogP contribution in [0.15, 0.2) is 48.5 Å². The summed E-state index contributed by atoms with van der Waals surface area (Å²) < 4.78 is 14.0. The molecule has 2 aromatic rings. The van der Waals surface area contributed by atoms with Gasteiger partial charge in [0.1, 0.15) is 5.82 Å². The minimum Gasteiger partial charge on any atom is -0.399 e. The van der Waals surface area contributed by atoms with Crippen LogP contribution in [0.1, 0.15) is 34.8 Å². The highest BCUT2D eigenvalue weighted by atomic mass is 19.1. The van der Waals surface area contributed by atoms with Gasteiger partial charge in [0.25, 0.3) is 5.91 Å². The minimum absolute atomic E-state index is 0.0238. The Labute approximate surface area is 123 Å². The number of rotatable bonds is 2. The Bertz CT molecular complexity index is 657. The van der Waals surface area contributed by atoms with Gasteiger partial charge in [0, 0.05) is 12.2 Å². The van der Waals surface area contributed by atoms with Crippen LogP contribution >= 0.6 is 0 Å². The summed E-state index contributed by atoms with van der Waals surface area (Å²) in [6.45, 7) is 0.655. The molecule has 0 bridgehead atoms. The van der Waals surface area contributed by atoms with E-state index in [0.717, 1.165) is 18.4 Å². The lowest BCUT2D eigenvalue weighted by molar-refractivity contribution is 0.0731. The molecule has 1 saturated heterocycles. The summed E-state index contributed by atoms with van der Waals surface area (Å²) in [5.41, 5.74) is 7.05. The molecule has 0 radical (unpaired) electrons. The van der Waals surface area contributed by atoms with Crippen molar-refractivity contribution in [3.8, 4) is 0 Å². The quantitative estimate of drug-likeness (QED) is 0.859. The number of likely N-dealkylation sites (tertiary alicyclic amines) is 1. The second-order valence-electron chi connectivity index (χ2n) is 5.31. The molecule has 3 nitrogen and oxygen atoms in total. The lowest BCUT2D eigenvalue weighted by atomic mass is 10.0. The average Bonchev–Trinajstić information content (AvgIpc) is 2.97. The van der Waals surface area contributed by atoms with Crippen LogP contribution in [0.3, 0.4) is 0 Å². The molecule has 1 atom stereocenters. The Balaban J connectivity index is 1.90. The zero-order valence-corrected chi connectivity index (χ0v) is 11.6. The molecule has 1 unspecified atom stereocenters. The second kappa shape index (κ2) is 5.56. The van der Waals surface area contributed by atoms with Gasteiger partial charge in [0.15, 0.2) is 0 Å². The lowest BCUT2D eigenvalue weighted by Gasteiger charge is -2.25. The van der Waals surface area contributed by atoms with E-state index in [9.17, 15) is 9.18 Å². The van der Waals surface area contributed by atoms with E-state index in [1.807, 2.05) is 30.3 Å². The summed E-state index contributed by atoms with van der Waals surface area (Å²) in [6, 6.07) is 14.1. The number of hydrogen-bond acceptors (Lipinski definition) is 2. The van der Waals surface area contributed by atoms with Crippen LogP contribution in [0.5, 0.6) is 0 Å². The summed E-state index contributed by atoms with van der Waals surface area (Å²) in [7, 11) is 0. The maximum absolute atomic E-state index is 14.0. The average molecular weight is 284 g/mol. The molecule has 108 valence electrons. The third kappa shape index (κ3) is 2.61. The molecule has 21 heavy (non-hydrogen) atoms. The van der Waals surface area contributed by atoms with E-state index in [2.05, 4.69) is 0 Å². The third-order valence-corrected chi connectivity index (χ3v) is 3.92. The number of hydrogen-bond donors (Lipinski definition) is 1. The topological polar surface area (TPSA) is 46.3 Å². The zero-order chi connectivity index (χ0) is 14.8. The highest BCUT2D eigenvalue weighted by molar-refractivity contribution is 5.95. The van der Waals surface area contributed by atoms with Crippen LogP contribution in [0, 0.1) is 5.82 Å². The Morgan fingerprint density at radius 1 is 1.19 bits per heavy atom. The van der Waals surface area contributed by atoms with Gasteiger partial charge in [0.2, 0.25) is 0 Å². The van der Waals surface area contributed by atoms with Crippen molar-refractivity contribution in [3.05, 3.63) is 65.5 Å². The molecule has 0 aliphatic carbocycles. The molecule has 4 heteroatoms. The third-order valence-electron chi connectivity index (χ3n) is 3.92. The molecule has 3 rings (SSSR count). The van der Waals surface area contributed by atoms with E-state index < -0.39 is 5.82 Å². The smallest absolute Gasteiger partial charge is 0.257 e. The molecule has 1 aliphatic heterocycles. The van der Waals surface area contributed by atoms with Gasteiger partial charge in [-0.3, -0.25) is 4.79 Å². The first-order valence-electron chi connectivity index (χ1n) is 7.08. The lowest BCUT2D eigenvalue weighted by Crippen LogP contribution is -2.31. The van der Waals surface area contributed by atoms with E-state index in [4.69, 9.17) is 5.73 Å². The van der Waals surface area contributed by atoms with Crippen molar-refractivity contribution < 1.29 is 9.18 Å². The van der Waals surface area contributed by atoms with Crippen LogP contribution in [0.25, 0.3) is 0 Å². The Morgan fingerprint density at radius 2 is 1.95 bits per heavy atom. The van der Waals surface area contributed by atoms with Gasteiger partial charge in [-0.15, -0.1) is 0 Å². The molecule has 1 heterocycles. The largest absolute Gasteiger partial charge is 0.399 e. The molecular formula is C17H17FN2O. The van der Waals surface area contributed by atoms with Gasteiger partial charge in [-0.2, -0.15) is 0 Å². The number of carbonyl (C=O) groups is 1. The van der Waals surface area contributed by atoms with Crippen molar-refractivity contribution in [1.29, 1.82) is 0 Å². The van der Waals surface area contributed by atoms with Crippen molar-refractivity contribution in [1.82, 2.24) is 4.90 Å². The number of nitrogens with zero attached hydrogens (tertiary/aromatic N) is 1. The van der Waals surface area contributed by atoms with Crippen LogP contribution in [-0.4, -0.2) is 17.4 Å². The fourth-order valence-electron chi connectivity index (χ4n) is 2.89. The van der Waals surface area contributed by atoms with E-state index >= 15 is 0 Å². The van der Waals surface area contributed by atoms with E-state index in [1.54, 1.807) is 11.0 Å². The van der Waals surface area contributed by atoms with Gasteiger partial charge in [-0.1, -0.05) is 30.3 Å². The Kier molecular flexibility index (Phi) is 3.60. The van der Waals surface area contributed by atoms with Crippen LogP contribution in [-0.2, 0) is 0 Å². The summed E-state index contributed by atoms with van der Waals surface area (Å²) in [5, 5.41) is 0. The molecule has 0 aromatic heterocycles. The van der Waals surface area contributed by atoms with Crippen molar-refractivity contribution >= 4 is 11.6 Å². The van der Waals surface area contributed by atoms with Crippen LogP contribution < -0.4 is 5.73 Å². The first-order chi connectivity index (χ1) is 10.2. The van der Waals surface area contributed by atoms with Crippen molar-refractivity contribution in [2.75, 3.05) is 12.3 Å². The van der Waals surface area contributed by atoms with Crippen molar-refractivity contribution in [3.63, 3.8) is 0 Å². The summed E-state index contributed by atoms with van der Waals surface area (Å²) in [6.07, 6.45) is 1.84. The predicted octanol–water partition coefficient (Wildman–Crippen LogP) is 3.39. The number of nitrogen functional groups attached to an aromatic ring is 1. The summed E-state index contributed by atoms with van der Waals surface area (Å²) in [5.74, 6) is -0.822. The summed E-state index contributed by atoms with van der Waals surface area (Å²) >= 11 is 0. The number of anilines is 1. The molecule has 0 saturated carbocycles. The molecule has 1 amide bonds. The first kappa shape index (κ1) is 13.6. The SMILES string of the molecule is Nc1ccc(C(=O)N2CCCC2c2ccccc2)c(F)c1. The Hall–Kier alpha value is -2.36. The van der Waals surface area contributed by atoms with E-state index in [1.165, 1.54) is 12.1 Å². The highest BCUT2D eigenvalue weighted by Gasteiger charge is 2.31. The predicted molar refractivity (Wildman–Crippen MR) is 80.3 cm³/mol. The maximum atomic E-state index is 14.0. The molecule has 1 aliphatic rings. The second-order valence-corrected chi connectivity index (χ2v) is 5.31. The number of nitrogens with two attached hydrogens (primary N) is 1. The Morgan fingerprint density at radius 3 is 2.67 bits per heavy atom. The number of carbonyl (C=O) groups excluding carboxylic acids is 1. The maximum Gasteiger partial charge on any atom is 0.257 e.